The van der Waals surface area contributed by atoms with E-state index in [2.05, 4.69) is 34.6 Å². The van der Waals surface area contributed by atoms with Gasteiger partial charge < -0.3 is 10.6 Å². The molecule has 1 atom stereocenters. The molecule has 0 saturated heterocycles. The van der Waals surface area contributed by atoms with Crippen LogP contribution >= 0.6 is 0 Å². The third-order valence-electron chi connectivity index (χ3n) is 3.44. The van der Waals surface area contributed by atoms with E-state index in [9.17, 15) is 4.79 Å². The van der Waals surface area contributed by atoms with Gasteiger partial charge in [0.15, 0.2) is 0 Å². The fourth-order valence-electron chi connectivity index (χ4n) is 2.43. The van der Waals surface area contributed by atoms with E-state index in [-0.39, 0.29) is 0 Å². The normalized spacial score (nSPS) is 13.1. The zero-order chi connectivity index (χ0) is 14.8. The van der Waals surface area contributed by atoms with Gasteiger partial charge in [-0.1, -0.05) is 41.0 Å². The summed E-state index contributed by atoms with van der Waals surface area (Å²) in [5, 5.41) is 0. The molecule has 0 spiro atoms. The molecule has 0 heterocycles. The highest BCUT2D eigenvalue weighted by Crippen LogP contribution is 2.16. The van der Waals surface area contributed by atoms with E-state index >= 15 is 0 Å². The van der Waals surface area contributed by atoms with Gasteiger partial charge in [-0.05, 0) is 37.1 Å². The fourth-order valence-corrected chi connectivity index (χ4v) is 2.43. The summed E-state index contributed by atoms with van der Waals surface area (Å²) >= 11 is 0. The predicted molar refractivity (Wildman–Crippen MR) is 82.9 cm³/mol. The van der Waals surface area contributed by atoms with E-state index in [1.165, 1.54) is 0 Å². The summed E-state index contributed by atoms with van der Waals surface area (Å²) in [6, 6.07) is 0. The molecule has 19 heavy (non-hydrogen) atoms. The molecule has 0 aromatic heterocycles. The molecule has 0 aliphatic heterocycles. The second kappa shape index (κ2) is 10.2. The van der Waals surface area contributed by atoms with Gasteiger partial charge in [-0.2, -0.15) is 0 Å². The van der Waals surface area contributed by atoms with Crippen molar-refractivity contribution in [3.8, 4) is 0 Å². The van der Waals surface area contributed by atoms with Crippen molar-refractivity contribution in [1.82, 2.24) is 4.90 Å². The van der Waals surface area contributed by atoms with E-state index in [0.717, 1.165) is 38.9 Å². The van der Waals surface area contributed by atoms with Gasteiger partial charge in [0, 0.05) is 19.5 Å². The van der Waals surface area contributed by atoms with Crippen LogP contribution in [0, 0.1) is 17.8 Å². The van der Waals surface area contributed by atoms with Crippen LogP contribution in [0.2, 0.25) is 0 Å². The Morgan fingerprint density at radius 3 is 1.95 bits per heavy atom. The average molecular weight is 270 g/mol. The molecule has 3 heteroatoms. The van der Waals surface area contributed by atoms with Gasteiger partial charge >= 0.3 is 0 Å². The molecule has 0 rings (SSSR count). The summed E-state index contributed by atoms with van der Waals surface area (Å²) in [5.74, 6) is 1.99. The largest absolute Gasteiger partial charge is 0.342 e. The van der Waals surface area contributed by atoms with Crippen molar-refractivity contribution in [3.05, 3.63) is 0 Å². The second-order valence-corrected chi connectivity index (χ2v) is 6.48. The molecule has 0 radical (unpaired) electrons. The number of nitrogens with two attached hydrogens (primary N) is 1. The molecule has 0 aliphatic carbocycles. The molecule has 2 N–H and O–H groups in total. The van der Waals surface area contributed by atoms with Crippen LogP contribution < -0.4 is 5.73 Å². The van der Waals surface area contributed by atoms with Gasteiger partial charge in [-0.25, -0.2) is 0 Å². The van der Waals surface area contributed by atoms with Crippen molar-refractivity contribution in [2.75, 3.05) is 19.6 Å². The molecule has 0 fully saturated rings. The van der Waals surface area contributed by atoms with Crippen molar-refractivity contribution in [2.24, 2.45) is 23.5 Å². The maximum atomic E-state index is 12.3. The number of hydrogen-bond acceptors (Lipinski definition) is 2. The van der Waals surface area contributed by atoms with Crippen LogP contribution in [0.25, 0.3) is 0 Å². The van der Waals surface area contributed by atoms with Crippen molar-refractivity contribution < 1.29 is 4.79 Å². The molecular weight excluding hydrogens is 236 g/mol. The lowest BCUT2D eigenvalue weighted by molar-refractivity contribution is -0.132. The lowest BCUT2D eigenvalue weighted by Gasteiger charge is -2.27. The summed E-state index contributed by atoms with van der Waals surface area (Å²) in [4.78, 5) is 14.4. The third-order valence-corrected chi connectivity index (χ3v) is 3.44. The molecular formula is C16H34N2O. The molecule has 0 aliphatic rings. The predicted octanol–water partition coefficient (Wildman–Crippen LogP) is 3.28. The number of carbonyl (C=O) groups excluding carboxylic acids is 1. The van der Waals surface area contributed by atoms with Gasteiger partial charge in [-0.15, -0.1) is 0 Å². The minimum absolute atomic E-state index is 0.317. The highest BCUT2D eigenvalue weighted by atomic mass is 16.2. The monoisotopic (exact) mass is 270 g/mol. The fraction of sp³-hybridized carbons (Fsp3) is 0.938. The average Bonchev–Trinajstić information content (AvgIpc) is 2.32. The quantitative estimate of drug-likeness (QED) is 0.662. The summed E-state index contributed by atoms with van der Waals surface area (Å²) in [7, 11) is 0. The Kier molecular flexibility index (Phi) is 9.94. The maximum Gasteiger partial charge on any atom is 0.222 e. The third kappa shape index (κ3) is 9.04. The zero-order valence-corrected chi connectivity index (χ0v) is 13.6. The van der Waals surface area contributed by atoms with Gasteiger partial charge in [0.2, 0.25) is 5.91 Å². The molecule has 0 bridgehead atoms. The topological polar surface area (TPSA) is 46.3 Å². The van der Waals surface area contributed by atoms with E-state index in [1.54, 1.807) is 0 Å². The number of hydrogen-bond donors (Lipinski definition) is 1. The number of rotatable bonds is 10. The number of nitrogens with zero attached hydrogens (tertiary/aromatic N) is 1. The van der Waals surface area contributed by atoms with E-state index in [0.29, 0.717) is 30.1 Å². The number of amides is 1. The first-order chi connectivity index (χ1) is 8.90. The maximum absolute atomic E-state index is 12.3. The number of carbonyl (C=O) groups is 1. The first-order valence-electron chi connectivity index (χ1n) is 7.88. The van der Waals surface area contributed by atoms with E-state index in [1.807, 2.05) is 4.90 Å². The van der Waals surface area contributed by atoms with Crippen LogP contribution in [0.1, 0.15) is 60.3 Å². The standard InChI is InChI=1S/C16H34N2O/c1-6-15(9-10-17)7-8-16(19)18(11-13(2)3)12-14(4)5/h13-15H,6-12,17H2,1-5H3. The highest BCUT2D eigenvalue weighted by Gasteiger charge is 2.17. The molecule has 0 aromatic carbocycles. The Hall–Kier alpha value is -0.570. The summed E-state index contributed by atoms with van der Waals surface area (Å²) in [6.07, 6.45) is 3.83. The first-order valence-corrected chi connectivity index (χ1v) is 7.88. The molecule has 1 amide bonds. The lowest BCUT2D eigenvalue weighted by atomic mass is 9.96. The summed E-state index contributed by atoms with van der Waals surface area (Å²) in [5.41, 5.74) is 5.61. The Morgan fingerprint density at radius 1 is 1.05 bits per heavy atom. The van der Waals surface area contributed by atoms with Crippen molar-refractivity contribution >= 4 is 5.91 Å². The van der Waals surface area contributed by atoms with Gasteiger partial charge in [0.25, 0.3) is 0 Å². The molecule has 114 valence electrons. The van der Waals surface area contributed by atoms with Gasteiger partial charge in [0.05, 0.1) is 0 Å². The summed E-state index contributed by atoms with van der Waals surface area (Å²) in [6.45, 7) is 13.4. The minimum atomic E-state index is 0.317. The van der Waals surface area contributed by atoms with Crippen LogP contribution in [0.15, 0.2) is 0 Å². The summed E-state index contributed by atoms with van der Waals surface area (Å²) < 4.78 is 0. The van der Waals surface area contributed by atoms with Crippen LogP contribution in [-0.2, 0) is 4.79 Å². The van der Waals surface area contributed by atoms with Crippen LogP contribution in [0.5, 0.6) is 0 Å². The Morgan fingerprint density at radius 2 is 1.58 bits per heavy atom. The Bertz CT molecular complexity index is 229. The molecule has 0 aromatic rings. The Balaban J connectivity index is 4.29. The first kappa shape index (κ1) is 18.4. The van der Waals surface area contributed by atoms with Crippen LogP contribution in [-0.4, -0.2) is 30.4 Å². The lowest BCUT2D eigenvalue weighted by Crippen LogP contribution is -2.37. The highest BCUT2D eigenvalue weighted by molar-refractivity contribution is 5.76. The smallest absolute Gasteiger partial charge is 0.222 e. The van der Waals surface area contributed by atoms with Crippen LogP contribution in [0.4, 0.5) is 0 Å². The van der Waals surface area contributed by atoms with Crippen molar-refractivity contribution in [1.29, 1.82) is 0 Å². The van der Waals surface area contributed by atoms with E-state index < -0.39 is 0 Å². The van der Waals surface area contributed by atoms with Crippen molar-refractivity contribution in [2.45, 2.75) is 60.3 Å². The Labute approximate surface area is 119 Å². The van der Waals surface area contributed by atoms with Crippen LogP contribution in [0.3, 0.4) is 0 Å². The van der Waals surface area contributed by atoms with Crippen molar-refractivity contribution in [3.63, 3.8) is 0 Å². The van der Waals surface area contributed by atoms with Gasteiger partial charge in [0.1, 0.15) is 0 Å². The minimum Gasteiger partial charge on any atom is -0.342 e. The SMILES string of the molecule is CCC(CCN)CCC(=O)N(CC(C)C)CC(C)C. The molecule has 3 nitrogen and oxygen atoms in total. The molecule has 1 unspecified atom stereocenters. The second-order valence-electron chi connectivity index (χ2n) is 6.48. The molecule has 0 saturated carbocycles. The van der Waals surface area contributed by atoms with Gasteiger partial charge in [-0.3, -0.25) is 4.79 Å². The zero-order valence-electron chi connectivity index (χ0n) is 13.6. The van der Waals surface area contributed by atoms with E-state index in [4.69, 9.17) is 5.73 Å².